The first kappa shape index (κ1) is 11.7. The Morgan fingerprint density at radius 2 is 2.26 bits per heavy atom. The average Bonchev–Trinajstić information content (AvgIpc) is 3.01. The van der Waals surface area contributed by atoms with Crippen LogP contribution < -0.4 is 0 Å². The fourth-order valence-corrected chi connectivity index (χ4v) is 2.10. The van der Waals surface area contributed by atoms with Crippen LogP contribution in [-0.2, 0) is 9.53 Å². The first-order valence-corrected chi connectivity index (χ1v) is 6.43. The number of hydrogen-bond acceptors (Lipinski definition) is 6. The van der Waals surface area contributed by atoms with Gasteiger partial charge in [-0.1, -0.05) is 22.2 Å². The summed E-state index contributed by atoms with van der Waals surface area (Å²) >= 11 is 1.22. The molecule has 1 aliphatic rings. The fraction of sp³-hybridized carbons (Fsp3) is 0.0769. The van der Waals surface area contributed by atoms with Crippen molar-refractivity contribution in [3.63, 3.8) is 0 Å². The molecule has 19 heavy (non-hydrogen) atoms. The third-order valence-corrected chi connectivity index (χ3v) is 3.07. The van der Waals surface area contributed by atoms with Gasteiger partial charge in [-0.05, 0) is 36.7 Å². The van der Waals surface area contributed by atoms with Gasteiger partial charge in [0.05, 0.1) is 0 Å². The summed E-state index contributed by atoms with van der Waals surface area (Å²) < 4.78 is 8.89. The summed E-state index contributed by atoms with van der Waals surface area (Å²) in [5.74, 6) is -0.146. The van der Waals surface area contributed by atoms with Gasteiger partial charge in [-0.3, -0.25) is 0 Å². The van der Waals surface area contributed by atoms with Gasteiger partial charge < -0.3 is 4.74 Å². The molecule has 1 aromatic heterocycles. The summed E-state index contributed by atoms with van der Waals surface area (Å²) in [6, 6.07) is 7.64. The summed E-state index contributed by atoms with van der Waals surface area (Å²) in [5.41, 5.74) is 2.71. The van der Waals surface area contributed by atoms with Crippen LogP contribution in [0.15, 0.2) is 40.3 Å². The van der Waals surface area contributed by atoms with Gasteiger partial charge in [-0.25, -0.2) is 9.79 Å². The summed E-state index contributed by atoms with van der Waals surface area (Å²) in [6.07, 6.45) is 1.56. The van der Waals surface area contributed by atoms with Crippen molar-refractivity contribution in [3.05, 3.63) is 52.2 Å². The molecule has 0 N–H and O–H groups in total. The first-order valence-electron chi connectivity index (χ1n) is 5.59. The van der Waals surface area contributed by atoms with Gasteiger partial charge in [0.25, 0.3) is 0 Å². The van der Waals surface area contributed by atoms with Crippen LogP contribution in [0.4, 0.5) is 0 Å². The van der Waals surface area contributed by atoms with Crippen LogP contribution in [0, 0.1) is 6.92 Å². The molecule has 0 spiro atoms. The minimum Gasteiger partial charge on any atom is -0.402 e. The summed E-state index contributed by atoms with van der Waals surface area (Å²) in [5, 5.41) is 5.58. The number of carbonyl (C=O) groups excluding carboxylic acids is 1. The zero-order valence-corrected chi connectivity index (χ0v) is 10.8. The maximum atomic E-state index is 11.7. The zero-order chi connectivity index (χ0) is 13.2. The van der Waals surface area contributed by atoms with Gasteiger partial charge in [0.15, 0.2) is 5.70 Å². The van der Waals surface area contributed by atoms with E-state index in [9.17, 15) is 4.79 Å². The Labute approximate surface area is 113 Å². The minimum atomic E-state index is -0.468. The summed E-state index contributed by atoms with van der Waals surface area (Å²) in [6.45, 7) is 1.97. The second kappa shape index (κ2) is 4.74. The van der Waals surface area contributed by atoms with Gasteiger partial charge in [-0.15, -0.1) is 5.10 Å². The molecule has 2 heterocycles. The molecule has 1 aromatic carbocycles. The molecule has 0 saturated carbocycles. The number of carbonyl (C=O) groups is 1. The molecular weight excluding hydrogens is 262 g/mol. The Morgan fingerprint density at radius 1 is 1.37 bits per heavy atom. The summed E-state index contributed by atoms with van der Waals surface area (Å²) in [4.78, 5) is 15.9. The molecule has 0 amide bonds. The van der Waals surface area contributed by atoms with E-state index in [2.05, 4.69) is 14.6 Å². The van der Waals surface area contributed by atoms with Crippen LogP contribution >= 0.6 is 11.5 Å². The van der Waals surface area contributed by atoms with Gasteiger partial charge in [0, 0.05) is 10.9 Å². The maximum absolute atomic E-state index is 11.7. The fourth-order valence-electron chi connectivity index (χ4n) is 1.69. The molecule has 0 bridgehead atoms. The highest BCUT2D eigenvalue weighted by molar-refractivity contribution is 7.03. The van der Waals surface area contributed by atoms with E-state index in [1.807, 2.05) is 31.2 Å². The first-order chi connectivity index (χ1) is 9.22. The molecule has 0 atom stereocenters. The largest absolute Gasteiger partial charge is 0.402 e. The van der Waals surface area contributed by atoms with Crippen LogP contribution in [0.3, 0.4) is 0 Å². The molecule has 5 nitrogen and oxygen atoms in total. The van der Waals surface area contributed by atoms with E-state index in [0.29, 0.717) is 11.6 Å². The Bertz CT molecular complexity index is 690. The monoisotopic (exact) mass is 271 g/mol. The predicted molar refractivity (Wildman–Crippen MR) is 71.7 cm³/mol. The van der Waals surface area contributed by atoms with Crippen LogP contribution in [0.1, 0.15) is 16.8 Å². The topological polar surface area (TPSA) is 64.4 Å². The van der Waals surface area contributed by atoms with E-state index in [1.165, 1.54) is 11.5 Å². The number of nitrogens with zero attached hydrogens (tertiary/aromatic N) is 3. The lowest BCUT2D eigenvalue weighted by Gasteiger charge is -1.99. The minimum absolute atomic E-state index is 0.240. The molecule has 6 heteroatoms. The highest BCUT2D eigenvalue weighted by atomic mass is 32.1. The molecule has 0 fully saturated rings. The van der Waals surface area contributed by atoms with Gasteiger partial charge >= 0.3 is 5.97 Å². The second-order valence-corrected chi connectivity index (χ2v) is 4.65. The average molecular weight is 271 g/mol. The Kier molecular flexibility index (Phi) is 2.92. The molecule has 0 aliphatic carbocycles. The van der Waals surface area contributed by atoms with E-state index < -0.39 is 5.97 Å². The lowest BCUT2D eigenvalue weighted by Crippen LogP contribution is -2.05. The molecule has 0 saturated heterocycles. The third kappa shape index (κ3) is 2.43. The van der Waals surface area contributed by atoms with Gasteiger partial charge in [0.2, 0.25) is 5.90 Å². The number of cyclic esters (lactones) is 1. The Balaban J connectivity index is 1.95. The number of aromatic nitrogens is 2. The van der Waals surface area contributed by atoms with Gasteiger partial charge in [0.1, 0.15) is 5.69 Å². The Morgan fingerprint density at radius 3 is 3.00 bits per heavy atom. The van der Waals surface area contributed by atoms with E-state index >= 15 is 0 Å². The van der Waals surface area contributed by atoms with Crippen molar-refractivity contribution in [2.45, 2.75) is 6.92 Å². The van der Waals surface area contributed by atoms with Crippen molar-refractivity contribution >= 4 is 29.5 Å². The Hall–Kier alpha value is -2.34. The van der Waals surface area contributed by atoms with Crippen molar-refractivity contribution in [3.8, 4) is 0 Å². The smallest absolute Gasteiger partial charge is 0.363 e. The number of benzene rings is 1. The summed E-state index contributed by atoms with van der Waals surface area (Å²) in [7, 11) is 0. The number of aliphatic imine (C=N–C) groups is 1. The van der Waals surface area contributed by atoms with E-state index in [0.717, 1.165) is 11.1 Å². The van der Waals surface area contributed by atoms with E-state index in [-0.39, 0.29) is 5.70 Å². The van der Waals surface area contributed by atoms with Crippen molar-refractivity contribution in [2.75, 3.05) is 0 Å². The molecular formula is C13H9N3O2S. The zero-order valence-electron chi connectivity index (χ0n) is 10.0. The third-order valence-electron chi connectivity index (χ3n) is 2.55. The normalized spacial score (nSPS) is 16.6. The highest BCUT2D eigenvalue weighted by Gasteiger charge is 2.24. The maximum Gasteiger partial charge on any atom is 0.363 e. The van der Waals surface area contributed by atoms with Crippen LogP contribution in [0.25, 0.3) is 6.08 Å². The second-order valence-electron chi connectivity index (χ2n) is 4.04. The number of hydrogen-bond donors (Lipinski definition) is 0. The highest BCUT2D eigenvalue weighted by Crippen LogP contribution is 2.19. The van der Waals surface area contributed by atoms with E-state index in [4.69, 9.17) is 4.74 Å². The lowest BCUT2D eigenvalue weighted by atomic mass is 10.1. The van der Waals surface area contributed by atoms with Crippen LogP contribution in [-0.4, -0.2) is 21.5 Å². The number of rotatable bonds is 2. The van der Waals surface area contributed by atoms with Crippen LogP contribution in [0.5, 0.6) is 0 Å². The van der Waals surface area contributed by atoms with Crippen molar-refractivity contribution < 1.29 is 9.53 Å². The molecule has 2 aromatic rings. The van der Waals surface area contributed by atoms with Gasteiger partial charge in [-0.2, -0.15) is 0 Å². The molecule has 94 valence electrons. The number of aryl methyl sites for hydroxylation is 1. The standard InChI is InChI=1S/C13H9N3O2S/c1-8-3-2-4-9(5-8)12-14-11(13(17)18-12)6-10-7-19-16-15-10/h2-7H,1H3/b11-6-. The van der Waals surface area contributed by atoms with Crippen molar-refractivity contribution in [1.82, 2.24) is 9.59 Å². The SMILES string of the molecule is Cc1cccc(C2=N/C(=C\c3csnn3)C(=O)O2)c1. The molecule has 0 unspecified atom stereocenters. The number of esters is 1. The van der Waals surface area contributed by atoms with E-state index in [1.54, 1.807) is 11.5 Å². The van der Waals surface area contributed by atoms with Crippen molar-refractivity contribution in [1.29, 1.82) is 0 Å². The predicted octanol–water partition coefficient (Wildman–Crippen LogP) is 2.19. The van der Waals surface area contributed by atoms with Crippen LogP contribution in [0.2, 0.25) is 0 Å². The lowest BCUT2D eigenvalue weighted by molar-refractivity contribution is -0.129. The quantitative estimate of drug-likeness (QED) is 0.620. The number of ether oxygens (including phenoxy) is 1. The molecule has 1 aliphatic heterocycles. The molecule has 0 radical (unpaired) electrons. The van der Waals surface area contributed by atoms with Crippen molar-refractivity contribution in [2.24, 2.45) is 4.99 Å². The molecule has 3 rings (SSSR count).